The number of hydrogen-bond acceptors (Lipinski definition) is 5. The fourth-order valence-electron chi connectivity index (χ4n) is 3.66. The van der Waals surface area contributed by atoms with Gasteiger partial charge in [-0.3, -0.25) is 9.88 Å². The van der Waals surface area contributed by atoms with E-state index in [-0.39, 0.29) is 0 Å². The van der Waals surface area contributed by atoms with Crippen molar-refractivity contribution < 1.29 is 50.9 Å². The Bertz CT molecular complexity index is 977. The van der Waals surface area contributed by atoms with Crippen LogP contribution in [0.25, 0.3) is 0 Å². The van der Waals surface area contributed by atoms with Gasteiger partial charge in [0.1, 0.15) is 0 Å². The van der Waals surface area contributed by atoms with E-state index in [9.17, 15) is 26.3 Å². The van der Waals surface area contributed by atoms with E-state index in [2.05, 4.69) is 52.3 Å². The van der Waals surface area contributed by atoms with Gasteiger partial charge in [0.15, 0.2) is 0 Å². The molecule has 1 saturated carbocycles. The summed E-state index contributed by atoms with van der Waals surface area (Å²) in [6.07, 6.45) is -1.09. The highest BCUT2D eigenvalue weighted by Gasteiger charge is 2.39. The Morgan fingerprint density at radius 3 is 1.87 bits per heavy atom. The maximum Gasteiger partial charge on any atom is 0.490 e. The van der Waals surface area contributed by atoms with E-state index >= 15 is 0 Å². The van der Waals surface area contributed by atoms with Crippen molar-refractivity contribution in [3.63, 3.8) is 0 Å². The monoisotopic (exact) mass is 550 g/mol. The molecule has 0 radical (unpaired) electrons. The molecule has 2 aromatic rings. The predicted octanol–water partition coefficient (Wildman–Crippen LogP) is 4.96. The number of aromatic nitrogens is 1. The highest BCUT2D eigenvalue weighted by Crippen LogP contribution is 2.32. The van der Waals surface area contributed by atoms with Crippen LogP contribution >= 0.6 is 0 Å². The molecule has 1 aliphatic carbocycles. The summed E-state index contributed by atoms with van der Waals surface area (Å²) in [5.41, 5.74) is 2.75. The van der Waals surface area contributed by atoms with Gasteiger partial charge in [0.2, 0.25) is 0 Å². The van der Waals surface area contributed by atoms with Crippen molar-refractivity contribution in [2.24, 2.45) is 5.92 Å². The van der Waals surface area contributed by atoms with Gasteiger partial charge in [0.25, 0.3) is 0 Å². The molecule has 7 nitrogen and oxygen atoms in total. The molecule has 0 bridgehead atoms. The summed E-state index contributed by atoms with van der Waals surface area (Å²) in [5.74, 6) is -4.68. The number of hydrogen-bond donors (Lipinski definition) is 2. The second-order valence-corrected chi connectivity index (χ2v) is 8.79. The summed E-state index contributed by atoms with van der Waals surface area (Å²) in [6, 6.07) is 15.6. The smallest absolute Gasteiger partial charge is 0.475 e. The van der Waals surface area contributed by atoms with Gasteiger partial charge in [0, 0.05) is 38.1 Å². The average Bonchev–Trinajstić information content (AvgIpc) is 3.61. The topological polar surface area (TPSA) is 100.0 Å². The van der Waals surface area contributed by atoms with Crippen LogP contribution in [-0.4, -0.2) is 69.7 Å². The lowest BCUT2D eigenvalue weighted by Gasteiger charge is -2.28. The Morgan fingerprint density at radius 1 is 0.868 bits per heavy atom. The van der Waals surface area contributed by atoms with Crippen molar-refractivity contribution in [2.45, 2.75) is 56.7 Å². The van der Waals surface area contributed by atoms with E-state index in [0.717, 1.165) is 38.5 Å². The molecule has 0 spiro atoms. The summed E-state index contributed by atoms with van der Waals surface area (Å²) >= 11 is 0. The predicted molar refractivity (Wildman–Crippen MR) is 123 cm³/mol. The van der Waals surface area contributed by atoms with Gasteiger partial charge in [-0.05, 0) is 54.9 Å². The number of rotatable bonds is 7. The molecule has 0 amide bonds. The first-order chi connectivity index (χ1) is 17.8. The lowest BCUT2D eigenvalue weighted by molar-refractivity contribution is -0.193. The largest absolute Gasteiger partial charge is 0.490 e. The molecule has 4 rings (SSSR count). The minimum atomic E-state index is -5.08. The van der Waals surface area contributed by atoms with E-state index in [1.165, 1.54) is 24.0 Å². The first kappa shape index (κ1) is 31.0. The summed E-state index contributed by atoms with van der Waals surface area (Å²) in [7, 11) is 0. The third-order valence-corrected chi connectivity index (χ3v) is 5.75. The number of carbonyl (C=O) groups is 2. The first-order valence-corrected chi connectivity index (χ1v) is 11.7. The summed E-state index contributed by atoms with van der Waals surface area (Å²) in [4.78, 5) is 24.5. The van der Waals surface area contributed by atoms with Crippen LogP contribution in [0.1, 0.15) is 30.4 Å². The van der Waals surface area contributed by atoms with Gasteiger partial charge in [-0.1, -0.05) is 30.3 Å². The minimum Gasteiger partial charge on any atom is -0.475 e. The van der Waals surface area contributed by atoms with Crippen molar-refractivity contribution >= 4 is 11.9 Å². The van der Waals surface area contributed by atoms with E-state index in [1.54, 1.807) is 0 Å². The number of carboxylic acids is 2. The molecule has 2 N–H and O–H groups in total. The molecule has 1 saturated heterocycles. The van der Waals surface area contributed by atoms with Crippen LogP contribution < -0.4 is 0 Å². The highest BCUT2D eigenvalue weighted by atomic mass is 19.4. The van der Waals surface area contributed by atoms with E-state index in [0.29, 0.717) is 12.1 Å². The van der Waals surface area contributed by atoms with Crippen LogP contribution in [-0.2, 0) is 27.3 Å². The molecule has 1 aliphatic heterocycles. The van der Waals surface area contributed by atoms with Crippen molar-refractivity contribution in [1.29, 1.82) is 0 Å². The second-order valence-electron chi connectivity index (χ2n) is 8.79. The van der Waals surface area contributed by atoms with E-state index < -0.39 is 24.3 Å². The van der Waals surface area contributed by atoms with Crippen molar-refractivity contribution in [2.75, 3.05) is 13.2 Å². The first-order valence-electron chi connectivity index (χ1n) is 11.7. The normalized spacial score (nSPS) is 19.5. The van der Waals surface area contributed by atoms with Crippen LogP contribution in [0, 0.1) is 5.92 Å². The fourth-order valence-corrected chi connectivity index (χ4v) is 3.66. The van der Waals surface area contributed by atoms with Crippen molar-refractivity contribution in [3.8, 4) is 0 Å². The average molecular weight is 550 g/mol. The minimum absolute atomic E-state index is 0.368. The molecular weight excluding hydrogens is 522 g/mol. The number of aliphatic carboxylic acids is 2. The summed E-state index contributed by atoms with van der Waals surface area (Å²) in [5, 5.41) is 14.2. The molecule has 1 aromatic carbocycles. The zero-order valence-corrected chi connectivity index (χ0v) is 20.2. The molecule has 2 fully saturated rings. The Balaban J connectivity index is 0.000000301. The molecule has 2 aliphatic rings. The second kappa shape index (κ2) is 14.1. The number of benzene rings is 1. The number of ether oxygens (including phenoxy) is 1. The maximum atomic E-state index is 10.6. The summed E-state index contributed by atoms with van der Waals surface area (Å²) < 4.78 is 69.8. The Labute approximate surface area is 215 Å². The van der Waals surface area contributed by atoms with Gasteiger partial charge >= 0.3 is 24.3 Å². The molecule has 1 aromatic heterocycles. The molecule has 210 valence electrons. The van der Waals surface area contributed by atoms with Crippen LogP contribution in [0.15, 0.2) is 54.9 Å². The molecule has 0 unspecified atom stereocenters. The van der Waals surface area contributed by atoms with Crippen LogP contribution in [0.2, 0.25) is 0 Å². The van der Waals surface area contributed by atoms with Crippen molar-refractivity contribution in [3.05, 3.63) is 66.0 Å². The lowest BCUT2D eigenvalue weighted by Crippen LogP contribution is -2.38. The van der Waals surface area contributed by atoms with Gasteiger partial charge in [-0.2, -0.15) is 26.3 Å². The lowest BCUT2D eigenvalue weighted by atomic mass is 10.0. The zero-order valence-electron chi connectivity index (χ0n) is 20.2. The Hall–Kier alpha value is -3.19. The number of alkyl halides is 6. The van der Waals surface area contributed by atoms with Crippen LogP contribution in [0.4, 0.5) is 26.3 Å². The van der Waals surface area contributed by atoms with Gasteiger partial charge in [-0.15, -0.1) is 0 Å². The zero-order chi connectivity index (χ0) is 28.3. The number of halogens is 6. The third-order valence-electron chi connectivity index (χ3n) is 5.75. The Kier molecular flexibility index (Phi) is 11.5. The number of likely N-dealkylation sites (tertiary alicyclic amines) is 1. The quantitative estimate of drug-likeness (QED) is 0.470. The van der Waals surface area contributed by atoms with Crippen LogP contribution in [0.3, 0.4) is 0 Å². The number of carboxylic acid groups (broad SMARTS) is 2. The molecule has 13 heteroatoms. The molecule has 2 atom stereocenters. The number of pyridine rings is 1. The summed E-state index contributed by atoms with van der Waals surface area (Å²) in [6.45, 7) is 3.07. The molecule has 2 heterocycles. The van der Waals surface area contributed by atoms with Crippen LogP contribution in [0.5, 0.6) is 0 Å². The molecular formula is C25H28F6N2O5. The van der Waals surface area contributed by atoms with Gasteiger partial charge in [-0.25, -0.2) is 9.59 Å². The molecule has 38 heavy (non-hydrogen) atoms. The van der Waals surface area contributed by atoms with Crippen molar-refractivity contribution in [1.82, 2.24) is 9.88 Å². The fraction of sp³-hybridized carbons (Fsp3) is 0.480. The van der Waals surface area contributed by atoms with E-state index in [4.69, 9.17) is 24.5 Å². The number of nitrogens with zero attached hydrogens (tertiary/aromatic N) is 2. The standard InChI is InChI=1S/C21H26N2O.2C2HF3O2/c1-2-4-17(5-3-1)14-20-21(24-16-19-6-7-19)10-13-23(20)15-18-8-11-22-12-9-18;2*3-2(4,5)1(6)7/h1-5,8-9,11-12,19-21H,6-7,10,13-16H2;2*(H,6,7)/t20-,21+;;/m0../s1. The Morgan fingerprint density at radius 2 is 1.39 bits per heavy atom. The third kappa shape index (κ3) is 11.5. The highest BCUT2D eigenvalue weighted by molar-refractivity contribution is 5.73. The van der Waals surface area contributed by atoms with E-state index in [1.807, 2.05) is 12.4 Å². The SMILES string of the molecule is O=C(O)C(F)(F)F.O=C(O)C(F)(F)F.c1ccc(C[C@H]2[C@H](OCC3CC3)CCN2Cc2ccncc2)cc1. The maximum absolute atomic E-state index is 10.6. The van der Waals surface area contributed by atoms with Gasteiger partial charge in [0.05, 0.1) is 6.10 Å². The van der Waals surface area contributed by atoms with Gasteiger partial charge < -0.3 is 14.9 Å².